The lowest BCUT2D eigenvalue weighted by molar-refractivity contribution is -0.139. The molecule has 0 aliphatic carbocycles. The molecule has 0 radical (unpaired) electrons. The molecule has 16 amide bonds. The van der Waals surface area contributed by atoms with Crippen molar-refractivity contribution in [2.45, 2.75) is 170 Å². The summed E-state index contributed by atoms with van der Waals surface area (Å²) >= 11 is 13.7. The van der Waals surface area contributed by atoms with E-state index >= 15 is 19.2 Å². The minimum absolute atomic E-state index is 0.00736. The molecule has 2 heterocycles. The summed E-state index contributed by atoms with van der Waals surface area (Å²) in [5, 5.41) is 52.4. The van der Waals surface area contributed by atoms with Gasteiger partial charge in [-0.05, 0) is 97.9 Å². The molecule has 0 unspecified atom stereocenters. The van der Waals surface area contributed by atoms with E-state index in [1.807, 2.05) is 6.07 Å². The number of hydrogen-bond acceptors (Lipinski definition) is 19. The molecule has 592 valence electrons. The Bertz CT molecular complexity index is 4310. The third-order valence-corrected chi connectivity index (χ3v) is 19.1. The predicted octanol–water partition coefficient (Wildman–Crippen LogP) is -3.19. The van der Waals surface area contributed by atoms with Crippen molar-refractivity contribution in [3.8, 4) is 0 Å². The van der Waals surface area contributed by atoms with Gasteiger partial charge in [0.05, 0.1) is 29.1 Å². The van der Waals surface area contributed by atoms with Gasteiger partial charge in [0.1, 0.15) is 66.0 Å². The van der Waals surface area contributed by atoms with Gasteiger partial charge in [0.25, 0.3) is 0 Å². The maximum Gasteiger partial charge on any atom is 0.303 e. The Kier molecular flexibility index (Phi) is 32.8. The molecule has 1 aliphatic rings. The molecule has 39 heteroatoms. The number of rotatable bonds is 32. The van der Waals surface area contributed by atoms with Crippen LogP contribution in [-0.4, -0.2) is 206 Å². The van der Waals surface area contributed by atoms with Crippen molar-refractivity contribution in [3.63, 3.8) is 0 Å². The number of amides is 16. The summed E-state index contributed by atoms with van der Waals surface area (Å²) in [7, 11) is 0. The van der Waals surface area contributed by atoms with E-state index in [2.05, 4.69) is 68.8 Å². The number of aliphatic hydroxyl groups excluding tert-OH is 1. The van der Waals surface area contributed by atoms with Crippen molar-refractivity contribution in [1.29, 1.82) is 0 Å². The topological polar surface area (TPSA) is 595 Å². The number of carboxylic acid groups (broad SMARTS) is 1. The normalized spacial score (nSPS) is 18.9. The van der Waals surface area contributed by atoms with Crippen LogP contribution in [0.5, 0.6) is 0 Å². The number of primary amides is 4. The summed E-state index contributed by atoms with van der Waals surface area (Å²) in [6, 6.07) is 5.93. The Morgan fingerprint density at radius 3 is 1.79 bits per heavy atom. The first-order chi connectivity index (χ1) is 51.9. The van der Waals surface area contributed by atoms with Crippen LogP contribution in [0.25, 0.3) is 21.7 Å². The van der Waals surface area contributed by atoms with Crippen molar-refractivity contribution in [1.82, 2.24) is 68.8 Å². The number of thioether (sulfide) groups is 1. The van der Waals surface area contributed by atoms with Gasteiger partial charge in [0.2, 0.25) is 94.5 Å². The number of para-hydroxylation sites is 1. The third-order valence-electron chi connectivity index (χ3n) is 17.3. The van der Waals surface area contributed by atoms with Crippen LogP contribution < -0.4 is 86.7 Å². The van der Waals surface area contributed by atoms with Crippen molar-refractivity contribution < 1.29 is 91.7 Å². The van der Waals surface area contributed by atoms with Gasteiger partial charge in [0, 0.05) is 68.3 Å². The van der Waals surface area contributed by atoms with Gasteiger partial charge in [-0.3, -0.25) is 81.5 Å². The van der Waals surface area contributed by atoms with Gasteiger partial charge in [-0.1, -0.05) is 89.9 Å². The summed E-state index contributed by atoms with van der Waals surface area (Å²) in [4.78, 5) is 236. The largest absolute Gasteiger partial charge is 0.481 e. The number of carboxylic acids is 1. The Morgan fingerprint density at radius 2 is 1.17 bits per heavy atom. The number of aromatic nitrogens is 1. The molecule has 5 aromatic rings. The van der Waals surface area contributed by atoms with Crippen LogP contribution in [0.15, 0.2) is 91.1 Å². The van der Waals surface area contributed by atoms with Gasteiger partial charge in [-0.25, -0.2) is 0 Å². The van der Waals surface area contributed by atoms with E-state index in [1.54, 1.807) is 66.9 Å². The van der Waals surface area contributed by atoms with E-state index in [4.69, 9.17) is 46.1 Å². The first-order valence-corrected chi connectivity index (χ1v) is 36.5. The average molecular weight is 1590 g/mol. The molecule has 1 aromatic heterocycles. The van der Waals surface area contributed by atoms with Crippen molar-refractivity contribution in [2.24, 2.45) is 22.9 Å². The Balaban J connectivity index is 1.42. The zero-order valence-electron chi connectivity index (χ0n) is 60.2. The van der Waals surface area contributed by atoms with E-state index in [9.17, 15) is 72.5 Å². The number of aliphatic hydroxyl groups is 1. The molecule has 6 rings (SSSR count). The lowest BCUT2D eigenvalue weighted by atomic mass is 9.97. The van der Waals surface area contributed by atoms with Crippen LogP contribution in [0.3, 0.4) is 0 Å². The maximum atomic E-state index is 15.4. The molecular formula is C71H89Cl2N17O19S. The average Bonchev–Trinajstić information content (AvgIpc) is 1.75. The van der Waals surface area contributed by atoms with Crippen LogP contribution in [-0.2, 0) is 101 Å². The number of H-pyrrole nitrogens is 1. The minimum Gasteiger partial charge on any atom is -0.481 e. The van der Waals surface area contributed by atoms with E-state index in [1.165, 1.54) is 32.0 Å². The predicted molar refractivity (Wildman–Crippen MR) is 400 cm³/mol. The molecule has 11 atom stereocenters. The van der Waals surface area contributed by atoms with E-state index in [-0.39, 0.29) is 40.6 Å². The molecule has 0 bridgehead atoms. The summed E-state index contributed by atoms with van der Waals surface area (Å²) < 4.78 is 0. The van der Waals surface area contributed by atoms with E-state index < -0.39 is 236 Å². The molecule has 1 aliphatic heterocycles. The third kappa shape index (κ3) is 27.3. The number of fused-ring (bicyclic) bond motifs is 2. The van der Waals surface area contributed by atoms with Crippen LogP contribution in [0, 0.1) is 0 Å². The van der Waals surface area contributed by atoms with Crippen molar-refractivity contribution >= 4 is 157 Å². The molecule has 36 nitrogen and oxygen atoms in total. The summed E-state index contributed by atoms with van der Waals surface area (Å²) in [5.74, 6) is -19.0. The molecule has 23 N–H and O–H groups in total. The number of carbonyl (C=O) groups is 17. The zero-order chi connectivity index (χ0) is 81.3. The van der Waals surface area contributed by atoms with Crippen LogP contribution in [0.2, 0.25) is 10.0 Å². The lowest BCUT2D eigenvalue weighted by Crippen LogP contribution is -2.64. The van der Waals surface area contributed by atoms with Gasteiger partial charge < -0.3 is 102 Å². The van der Waals surface area contributed by atoms with Gasteiger partial charge in [0.15, 0.2) is 0 Å². The van der Waals surface area contributed by atoms with Crippen LogP contribution >= 0.6 is 35.0 Å². The highest BCUT2D eigenvalue weighted by Gasteiger charge is 2.40. The van der Waals surface area contributed by atoms with Crippen molar-refractivity contribution in [2.75, 3.05) is 18.1 Å². The van der Waals surface area contributed by atoms with E-state index in [0.29, 0.717) is 27.4 Å². The van der Waals surface area contributed by atoms with Crippen LogP contribution in [0.4, 0.5) is 0 Å². The molecule has 110 heavy (non-hydrogen) atoms. The molecule has 0 saturated carbocycles. The zero-order valence-corrected chi connectivity index (χ0v) is 62.5. The maximum absolute atomic E-state index is 15.4. The highest BCUT2D eigenvalue weighted by molar-refractivity contribution is 7.99. The monoisotopic (exact) mass is 1590 g/mol. The number of aromatic amines is 1. The van der Waals surface area contributed by atoms with Crippen LogP contribution in [0.1, 0.15) is 95.8 Å². The molecule has 4 aromatic carbocycles. The smallest absolute Gasteiger partial charge is 0.303 e. The molecule has 1 saturated heterocycles. The standard InChI is InChI=1S/C71H89Cl2N17O19S/c1-34(91)59-69(108)86-51(29-40-31-78-44-12-8-7-11-41(40)44)66(105)82-45(17-20-54(74)93)61(100)87-53(33-110-24-23-48(80-35(2)92)63(102)81-46(64(103)89-59)18-21-55(75)94)67(106)83-49(28-37-14-16-42(72)43(73)26-37)65(104)84-50(27-36-13-15-38-9-5-6-10-39(38)25-36)68(107)90-71(3,4)70(109)88-47(19-22-58(97)98)62(101)85-52(30-56(76)95)60(99)79-32-57(77)96/h5-16,25-26,31,34,45-53,59,78,91H,17-24,27-30,32-33H2,1-4H3,(H2,74,93)(H2,75,94)(H2,76,95)(H2,77,96)(H,79,99)(H,80,92)(H,81,102)(H,82,105)(H,83,106)(H,84,104)(H,85,101)(H,86,108)(H,87,100)(H,88,109)(H,89,103)(H,90,107)(H,97,98)/t34-,45+,46+,47+,48+,49+,50+,51+,52+,53+,59+/m1/s1. The Morgan fingerprint density at radius 1 is 0.600 bits per heavy atom. The minimum atomic E-state index is -2.10. The first kappa shape index (κ1) is 87.5. The van der Waals surface area contributed by atoms with Gasteiger partial charge >= 0.3 is 5.97 Å². The number of benzene rings is 4. The summed E-state index contributed by atoms with van der Waals surface area (Å²) in [6.45, 7) is 3.87. The fourth-order valence-corrected chi connectivity index (χ4v) is 12.8. The highest BCUT2D eigenvalue weighted by Crippen LogP contribution is 2.25. The summed E-state index contributed by atoms with van der Waals surface area (Å²) in [6.07, 6.45) is -5.91. The lowest BCUT2D eigenvalue weighted by Gasteiger charge is -2.31. The number of carbonyl (C=O) groups excluding carboxylic acids is 16. The Hall–Kier alpha value is -11.4. The fourth-order valence-electron chi connectivity index (χ4n) is 11.5. The molecule has 1 fully saturated rings. The second-order valence-corrected chi connectivity index (χ2v) is 28.6. The van der Waals surface area contributed by atoms with Gasteiger partial charge in [-0.2, -0.15) is 11.8 Å². The number of nitrogens with two attached hydrogens (primary N) is 4. The second kappa shape index (κ2) is 41.2. The highest BCUT2D eigenvalue weighted by atomic mass is 35.5. The number of nitrogens with one attached hydrogen (secondary N) is 13. The molecule has 0 spiro atoms. The van der Waals surface area contributed by atoms with Gasteiger partial charge in [-0.15, -0.1) is 0 Å². The first-order valence-electron chi connectivity index (χ1n) is 34.6. The number of aliphatic carboxylic acids is 1. The SMILES string of the molecule is CC(=O)N[C@H]1CCSC[C@@H](C(=O)N[C@@H](Cc2ccc(Cl)c(Cl)c2)C(=O)N[C@@H](Cc2ccc3ccccc3c2)C(=O)NC(C)(C)C(=O)N[C@@H](CCC(=O)O)C(=O)N[C@@H](CC(N)=O)C(=O)NCC(N)=O)NC(=O)[C@H](CCC(N)=O)NC(=O)[C@H](Cc2c[nH]c3ccccc23)NC(=O)[C@H]([C@@H](C)O)NC(=O)[C@H](CCC(N)=O)NC1=O. The van der Waals surface area contributed by atoms with Crippen molar-refractivity contribution in [3.05, 3.63) is 118 Å². The quantitative estimate of drug-likeness (QED) is 0.0202. The molecular weight excluding hydrogens is 1500 g/mol. The Labute approximate surface area is 643 Å². The van der Waals surface area contributed by atoms with E-state index in [0.717, 1.165) is 31.0 Å². The summed E-state index contributed by atoms with van der Waals surface area (Å²) in [5.41, 5.74) is 21.1. The number of halogens is 2. The fraction of sp³-hybridized carbons (Fsp3) is 0.423. The second-order valence-electron chi connectivity index (χ2n) is 26.6. The number of hydrogen-bond donors (Lipinski definition) is 19.